The van der Waals surface area contributed by atoms with Gasteiger partial charge < -0.3 is 14.6 Å². The summed E-state index contributed by atoms with van der Waals surface area (Å²) in [6.45, 7) is 3.91. The van der Waals surface area contributed by atoms with E-state index in [4.69, 9.17) is 4.42 Å². The fourth-order valence-corrected chi connectivity index (χ4v) is 1.77. The Morgan fingerprint density at radius 2 is 2.20 bits per heavy atom. The van der Waals surface area contributed by atoms with Crippen molar-refractivity contribution in [2.24, 2.45) is 0 Å². The van der Waals surface area contributed by atoms with Crippen LogP contribution in [0.2, 0.25) is 0 Å². The van der Waals surface area contributed by atoms with Gasteiger partial charge in [0, 0.05) is 32.2 Å². The molecule has 1 aliphatic heterocycles. The van der Waals surface area contributed by atoms with E-state index < -0.39 is 0 Å². The predicted octanol–water partition coefficient (Wildman–Crippen LogP) is 0.632. The fourth-order valence-electron chi connectivity index (χ4n) is 1.77. The molecule has 5 heteroatoms. The van der Waals surface area contributed by atoms with E-state index in [1.807, 2.05) is 6.07 Å². The molecular formula is C10H12N4O. The maximum Gasteiger partial charge on any atom is 0.226 e. The van der Waals surface area contributed by atoms with Gasteiger partial charge in [0.15, 0.2) is 5.58 Å². The topological polar surface area (TPSA) is 54.2 Å². The van der Waals surface area contributed by atoms with Crippen molar-refractivity contribution in [2.75, 3.05) is 31.1 Å². The third-order valence-electron chi connectivity index (χ3n) is 2.59. The lowest BCUT2D eigenvalue weighted by Gasteiger charge is -2.27. The fraction of sp³-hybridized carbons (Fsp3) is 0.400. The summed E-state index contributed by atoms with van der Waals surface area (Å²) in [4.78, 5) is 10.9. The van der Waals surface area contributed by atoms with Gasteiger partial charge in [-0.05, 0) is 0 Å². The summed E-state index contributed by atoms with van der Waals surface area (Å²) >= 11 is 0. The van der Waals surface area contributed by atoms with E-state index in [1.165, 1.54) is 0 Å². The maximum absolute atomic E-state index is 5.20. The van der Waals surface area contributed by atoms with Gasteiger partial charge in [0.25, 0.3) is 0 Å². The molecule has 2 aromatic rings. The smallest absolute Gasteiger partial charge is 0.226 e. The number of hydrogen-bond acceptors (Lipinski definition) is 5. The van der Waals surface area contributed by atoms with Crippen LogP contribution in [0.1, 0.15) is 0 Å². The minimum Gasteiger partial charge on any atom is -0.461 e. The van der Waals surface area contributed by atoms with Crippen LogP contribution in [0, 0.1) is 0 Å². The molecule has 0 radical (unpaired) electrons. The van der Waals surface area contributed by atoms with Crippen molar-refractivity contribution in [2.45, 2.75) is 0 Å². The maximum atomic E-state index is 5.20. The van der Waals surface area contributed by atoms with Crippen LogP contribution in [0.25, 0.3) is 11.1 Å². The Morgan fingerprint density at radius 3 is 3.07 bits per heavy atom. The highest BCUT2D eigenvalue weighted by molar-refractivity contribution is 5.72. The number of anilines is 1. The molecule has 0 bridgehead atoms. The third kappa shape index (κ3) is 1.55. The highest BCUT2D eigenvalue weighted by Gasteiger charge is 2.13. The summed E-state index contributed by atoms with van der Waals surface area (Å²) in [5.41, 5.74) is 1.62. The molecule has 1 N–H and O–H groups in total. The number of rotatable bonds is 1. The van der Waals surface area contributed by atoms with Crippen LogP contribution >= 0.6 is 0 Å². The number of hydrogen-bond donors (Lipinski definition) is 1. The van der Waals surface area contributed by atoms with E-state index in [1.54, 1.807) is 12.5 Å². The van der Waals surface area contributed by atoms with Gasteiger partial charge in [-0.2, -0.15) is 0 Å². The molecule has 2 aromatic heterocycles. The molecule has 3 heterocycles. The van der Waals surface area contributed by atoms with Gasteiger partial charge in [0.1, 0.15) is 5.52 Å². The van der Waals surface area contributed by atoms with Crippen molar-refractivity contribution >= 4 is 17.0 Å². The molecule has 0 aliphatic carbocycles. The highest BCUT2D eigenvalue weighted by Crippen LogP contribution is 2.15. The number of fused-ring (bicyclic) bond motifs is 1. The monoisotopic (exact) mass is 204 g/mol. The van der Waals surface area contributed by atoms with Crippen molar-refractivity contribution in [3.05, 3.63) is 18.5 Å². The van der Waals surface area contributed by atoms with E-state index in [0.29, 0.717) is 0 Å². The molecule has 1 aliphatic rings. The third-order valence-corrected chi connectivity index (χ3v) is 2.59. The molecule has 78 valence electrons. The van der Waals surface area contributed by atoms with E-state index >= 15 is 0 Å². The van der Waals surface area contributed by atoms with E-state index in [9.17, 15) is 0 Å². The SMILES string of the molecule is c1cc2nc(N3CCNCC3)ncc2o1. The van der Waals surface area contributed by atoms with Crippen LogP contribution in [0.4, 0.5) is 5.95 Å². The molecule has 15 heavy (non-hydrogen) atoms. The van der Waals surface area contributed by atoms with Crippen LogP contribution in [0.5, 0.6) is 0 Å². The van der Waals surface area contributed by atoms with Crippen molar-refractivity contribution in [1.82, 2.24) is 15.3 Å². The Labute approximate surface area is 87.1 Å². The van der Waals surface area contributed by atoms with Gasteiger partial charge in [-0.1, -0.05) is 0 Å². The summed E-state index contributed by atoms with van der Waals surface area (Å²) in [5.74, 6) is 0.797. The Kier molecular flexibility index (Phi) is 2.03. The number of piperazine rings is 1. The second kappa shape index (κ2) is 3.51. The molecule has 0 aromatic carbocycles. The van der Waals surface area contributed by atoms with Crippen LogP contribution in [-0.4, -0.2) is 36.1 Å². The Hall–Kier alpha value is -1.62. The zero-order valence-electron chi connectivity index (χ0n) is 8.31. The minimum atomic E-state index is 0.744. The summed E-state index contributed by atoms with van der Waals surface area (Å²) < 4.78 is 5.20. The van der Waals surface area contributed by atoms with E-state index in [2.05, 4.69) is 20.2 Å². The summed E-state index contributed by atoms with van der Waals surface area (Å²) in [7, 11) is 0. The number of nitrogens with one attached hydrogen (secondary N) is 1. The molecule has 0 unspecified atom stereocenters. The lowest BCUT2D eigenvalue weighted by molar-refractivity contribution is 0.579. The molecule has 5 nitrogen and oxygen atoms in total. The number of nitrogens with zero attached hydrogens (tertiary/aromatic N) is 3. The first-order valence-corrected chi connectivity index (χ1v) is 5.09. The quantitative estimate of drug-likeness (QED) is 0.738. The standard InChI is InChI=1S/C10H12N4O/c1-6-15-9-7-12-10(13-8(1)9)14-4-2-11-3-5-14/h1,6-7,11H,2-5H2. The molecule has 1 saturated heterocycles. The Morgan fingerprint density at radius 1 is 1.33 bits per heavy atom. The van der Waals surface area contributed by atoms with Gasteiger partial charge in [0.05, 0.1) is 12.5 Å². The van der Waals surface area contributed by atoms with Gasteiger partial charge >= 0.3 is 0 Å². The Bertz CT molecular complexity index is 461. The molecule has 0 spiro atoms. The normalized spacial score (nSPS) is 17.2. The first-order chi connectivity index (χ1) is 7.43. The molecule has 1 fully saturated rings. The summed E-state index contributed by atoms with van der Waals surface area (Å²) in [6.07, 6.45) is 3.38. The van der Waals surface area contributed by atoms with Crippen molar-refractivity contribution in [3.63, 3.8) is 0 Å². The van der Waals surface area contributed by atoms with E-state index in [0.717, 1.165) is 43.2 Å². The number of aromatic nitrogens is 2. The zero-order chi connectivity index (χ0) is 10.1. The van der Waals surface area contributed by atoms with Gasteiger partial charge in [-0.15, -0.1) is 0 Å². The first-order valence-electron chi connectivity index (χ1n) is 5.09. The summed E-state index contributed by atoms with van der Waals surface area (Å²) in [5, 5.41) is 3.30. The van der Waals surface area contributed by atoms with Crippen molar-refractivity contribution in [3.8, 4) is 0 Å². The average molecular weight is 204 g/mol. The lowest BCUT2D eigenvalue weighted by atomic mass is 10.4. The van der Waals surface area contributed by atoms with Crippen LogP contribution in [0.3, 0.4) is 0 Å². The van der Waals surface area contributed by atoms with Gasteiger partial charge in [0.2, 0.25) is 5.95 Å². The molecule has 3 rings (SSSR count). The van der Waals surface area contributed by atoms with Crippen molar-refractivity contribution < 1.29 is 4.42 Å². The molecule has 0 atom stereocenters. The minimum absolute atomic E-state index is 0.744. The van der Waals surface area contributed by atoms with Crippen LogP contribution in [0.15, 0.2) is 22.9 Å². The molecular weight excluding hydrogens is 192 g/mol. The lowest BCUT2D eigenvalue weighted by Crippen LogP contribution is -2.44. The van der Waals surface area contributed by atoms with Gasteiger partial charge in [-0.3, -0.25) is 0 Å². The highest BCUT2D eigenvalue weighted by atomic mass is 16.3. The van der Waals surface area contributed by atoms with Crippen LogP contribution in [-0.2, 0) is 0 Å². The second-order valence-electron chi connectivity index (χ2n) is 3.58. The first kappa shape index (κ1) is 8.67. The predicted molar refractivity (Wildman–Crippen MR) is 56.9 cm³/mol. The zero-order valence-corrected chi connectivity index (χ0v) is 8.31. The van der Waals surface area contributed by atoms with Crippen molar-refractivity contribution in [1.29, 1.82) is 0 Å². The van der Waals surface area contributed by atoms with Crippen LogP contribution < -0.4 is 10.2 Å². The Balaban J connectivity index is 1.95. The molecule has 0 amide bonds. The summed E-state index contributed by atoms with van der Waals surface area (Å²) in [6, 6.07) is 1.86. The van der Waals surface area contributed by atoms with E-state index in [-0.39, 0.29) is 0 Å². The largest absolute Gasteiger partial charge is 0.461 e. The number of furan rings is 1. The van der Waals surface area contributed by atoms with Gasteiger partial charge in [-0.25, -0.2) is 9.97 Å². The average Bonchev–Trinajstić information content (AvgIpc) is 2.77. The second-order valence-corrected chi connectivity index (χ2v) is 3.58. The molecule has 0 saturated carbocycles.